The van der Waals surface area contributed by atoms with E-state index >= 15 is 0 Å². The van der Waals surface area contributed by atoms with Gasteiger partial charge in [0.05, 0.1) is 19.6 Å². The Hall–Kier alpha value is -1.71. The van der Waals surface area contributed by atoms with Gasteiger partial charge in [0.1, 0.15) is 11.5 Å². The third kappa shape index (κ3) is 1.40. The van der Waals surface area contributed by atoms with Gasteiger partial charge in [-0.3, -0.25) is 4.79 Å². The Morgan fingerprint density at radius 1 is 1.59 bits per heavy atom. The summed E-state index contributed by atoms with van der Waals surface area (Å²) < 4.78 is 10.7. The van der Waals surface area contributed by atoms with Crippen molar-refractivity contribution in [1.82, 2.24) is 0 Å². The maximum atomic E-state index is 11.1. The minimum atomic E-state index is -0.700. The Bertz CT molecular complexity index is 482. The molecule has 0 amide bonds. The first-order valence-corrected chi connectivity index (χ1v) is 5.71. The van der Waals surface area contributed by atoms with Gasteiger partial charge in [0.25, 0.3) is 0 Å². The van der Waals surface area contributed by atoms with Gasteiger partial charge in [-0.2, -0.15) is 0 Å². The Kier molecular flexibility index (Phi) is 2.08. The maximum Gasteiger partial charge on any atom is 0.307 e. The molecule has 4 heteroatoms. The lowest BCUT2D eigenvalue weighted by atomic mass is 9.87. The lowest BCUT2D eigenvalue weighted by molar-refractivity contribution is -0.139. The van der Waals surface area contributed by atoms with Gasteiger partial charge in [-0.05, 0) is 18.9 Å². The smallest absolute Gasteiger partial charge is 0.307 e. The van der Waals surface area contributed by atoms with Crippen molar-refractivity contribution in [3.63, 3.8) is 0 Å². The monoisotopic (exact) mass is 234 g/mol. The lowest BCUT2D eigenvalue weighted by Gasteiger charge is -2.26. The van der Waals surface area contributed by atoms with Gasteiger partial charge >= 0.3 is 5.97 Å². The second kappa shape index (κ2) is 3.39. The highest BCUT2D eigenvalue weighted by atomic mass is 16.5. The molecule has 1 heterocycles. The molecule has 1 saturated carbocycles. The first kappa shape index (κ1) is 10.4. The largest absolute Gasteiger partial charge is 0.497 e. The van der Waals surface area contributed by atoms with Crippen LogP contribution in [0, 0.1) is 5.92 Å². The van der Waals surface area contributed by atoms with Crippen molar-refractivity contribution in [3.05, 3.63) is 23.8 Å². The van der Waals surface area contributed by atoms with Crippen molar-refractivity contribution in [2.24, 2.45) is 5.92 Å². The second-order valence-electron chi connectivity index (χ2n) is 4.71. The summed E-state index contributed by atoms with van der Waals surface area (Å²) in [4.78, 5) is 11.1. The van der Waals surface area contributed by atoms with E-state index in [2.05, 4.69) is 0 Å². The van der Waals surface area contributed by atoms with E-state index in [1.54, 1.807) is 7.11 Å². The third-order valence-corrected chi connectivity index (χ3v) is 3.90. The van der Waals surface area contributed by atoms with E-state index in [4.69, 9.17) is 14.6 Å². The normalized spacial score (nSPS) is 29.4. The Morgan fingerprint density at radius 2 is 2.41 bits per heavy atom. The predicted octanol–water partition coefficient (Wildman–Crippen LogP) is 1.82. The van der Waals surface area contributed by atoms with Crippen molar-refractivity contribution < 1.29 is 19.4 Å². The number of carboxylic acid groups (broad SMARTS) is 1. The van der Waals surface area contributed by atoms with E-state index in [0.717, 1.165) is 29.9 Å². The van der Waals surface area contributed by atoms with E-state index in [-0.39, 0.29) is 11.3 Å². The van der Waals surface area contributed by atoms with E-state index in [0.29, 0.717) is 6.61 Å². The fourth-order valence-corrected chi connectivity index (χ4v) is 2.84. The fourth-order valence-electron chi connectivity index (χ4n) is 2.84. The van der Waals surface area contributed by atoms with E-state index in [1.165, 1.54) is 0 Å². The molecule has 0 aromatic heterocycles. The number of fused-ring (bicyclic) bond motifs is 2. The number of aliphatic carboxylic acids is 1. The van der Waals surface area contributed by atoms with Crippen LogP contribution in [-0.4, -0.2) is 24.8 Å². The summed E-state index contributed by atoms with van der Waals surface area (Å²) in [7, 11) is 1.61. The molecule has 17 heavy (non-hydrogen) atoms. The topological polar surface area (TPSA) is 55.8 Å². The van der Waals surface area contributed by atoms with Gasteiger partial charge in [-0.1, -0.05) is 6.07 Å². The van der Waals surface area contributed by atoms with Crippen LogP contribution in [0.15, 0.2) is 18.2 Å². The number of carboxylic acids is 1. The summed E-state index contributed by atoms with van der Waals surface area (Å²) >= 11 is 0. The summed E-state index contributed by atoms with van der Waals surface area (Å²) in [5.74, 6) is 0.569. The van der Waals surface area contributed by atoms with Crippen molar-refractivity contribution in [3.8, 4) is 11.5 Å². The lowest BCUT2D eigenvalue weighted by Crippen LogP contribution is -2.24. The molecule has 0 bridgehead atoms. The van der Waals surface area contributed by atoms with Crippen molar-refractivity contribution in [1.29, 1.82) is 0 Å². The molecule has 0 saturated heterocycles. The molecule has 1 aromatic rings. The average Bonchev–Trinajstić information content (AvgIpc) is 3.04. The highest BCUT2D eigenvalue weighted by Gasteiger charge is 2.61. The molecular formula is C13H14O4. The highest BCUT2D eigenvalue weighted by Crippen LogP contribution is 2.61. The van der Waals surface area contributed by atoms with Crippen LogP contribution in [0.2, 0.25) is 0 Å². The molecule has 2 atom stereocenters. The number of hydrogen-bond acceptors (Lipinski definition) is 3. The zero-order valence-corrected chi connectivity index (χ0v) is 9.60. The molecule has 1 aliphatic heterocycles. The minimum absolute atomic E-state index is 0.189. The number of methoxy groups -OCH3 is 1. The molecule has 0 radical (unpaired) electrons. The predicted molar refractivity (Wildman–Crippen MR) is 60.5 cm³/mol. The number of ether oxygens (including phenoxy) is 2. The van der Waals surface area contributed by atoms with Crippen molar-refractivity contribution in [2.45, 2.75) is 18.3 Å². The Labute approximate surface area is 99.2 Å². The van der Waals surface area contributed by atoms with E-state index in [1.807, 2.05) is 18.2 Å². The third-order valence-electron chi connectivity index (χ3n) is 3.90. The zero-order chi connectivity index (χ0) is 12.0. The number of benzene rings is 1. The molecular weight excluding hydrogens is 220 g/mol. The summed E-state index contributed by atoms with van der Waals surface area (Å²) in [5, 5.41) is 9.13. The van der Waals surface area contributed by atoms with Gasteiger partial charge in [-0.15, -0.1) is 0 Å². The van der Waals surface area contributed by atoms with Gasteiger partial charge in [0.2, 0.25) is 0 Å². The van der Waals surface area contributed by atoms with Crippen LogP contribution in [0.1, 0.15) is 18.4 Å². The first-order valence-electron chi connectivity index (χ1n) is 5.71. The molecule has 2 aliphatic rings. The molecule has 1 aliphatic carbocycles. The van der Waals surface area contributed by atoms with Crippen LogP contribution in [0.25, 0.3) is 0 Å². The van der Waals surface area contributed by atoms with Crippen molar-refractivity contribution >= 4 is 5.97 Å². The molecule has 4 nitrogen and oxygen atoms in total. The number of carbonyl (C=O) groups is 1. The molecule has 1 aromatic carbocycles. The minimum Gasteiger partial charge on any atom is -0.497 e. The average molecular weight is 234 g/mol. The van der Waals surface area contributed by atoms with Crippen molar-refractivity contribution in [2.75, 3.05) is 13.7 Å². The fraction of sp³-hybridized carbons (Fsp3) is 0.462. The second-order valence-corrected chi connectivity index (χ2v) is 4.71. The van der Waals surface area contributed by atoms with Crippen LogP contribution in [-0.2, 0) is 10.2 Å². The Balaban J connectivity index is 2.02. The van der Waals surface area contributed by atoms with Gasteiger partial charge in [0.15, 0.2) is 0 Å². The van der Waals surface area contributed by atoms with Crippen LogP contribution in [0.5, 0.6) is 11.5 Å². The van der Waals surface area contributed by atoms with Gasteiger partial charge in [0, 0.05) is 17.0 Å². The molecule has 90 valence electrons. The number of rotatable bonds is 2. The molecule has 1 fully saturated rings. The molecule has 1 N–H and O–H groups in total. The summed E-state index contributed by atoms with van der Waals surface area (Å²) in [5.41, 5.74) is 0.836. The molecule has 3 rings (SSSR count). The van der Waals surface area contributed by atoms with E-state index in [9.17, 15) is 4.79 Å². The Morgan fingerprint density at radius 3 is 3.06 bits per heavy atom. The quantitative estimate of drug-likeness (QED) is 0.848. The van der Waals surface area contributed by atoms with Gasteiger partial charge < -0.3 is 14.6 Å². The molecule has 1 spiro atoms. The van der Waals surface area contributed by atoms with Crippen LogP contribution in [0.4, 0.5) is 0 Å². The maximum absolute atomic E-state index is 11.1. The SMILES string of the molecule is COc1ccc2c(c1)OCC[C@]21C[C@H]1C(=O)O. The first-order chi connectivity index (χ1) is 8.17. The van der Waals surface area contributed by atoms with Crippen LogP contribution in [0.3, 0.4) is 0 Å². The van der Waals surface area contributed by atoms with E-state index < -0.39 is 5.97 Å². The van der Waals surface area contributed by atoms with Crippen LogP contribution < -0.4 is 9.47 Å². The number of hydrogen-bond donors (Lipinski definition) is 1. The summed E-state index contributed by atoms with van der Waals surface area (Å²) in [6.07, 6.45) is 1.52. The standard InChI is InChI=1S/C13H14O4/c1-16-8-2-3-9-11(6-8)17-5-4-13(9)7-10(13)12(14)15/h2-3,6,10H,4-5,7H2,1H3,(H,14,15)/t10-,13-/m0/s1. The zero-order valence-electron chi connectivity index (χ0n) is 9.60. The summed E-state index contributed by atoms with van der Waals surface area (Å²) in [6.45, 7) is 0.587. The summed E-state index contributed by atoms with van der Waals surface area (Å²) in [6, 6.07) is 5.65. The van der Waals surface area contributed by atoms with Gasteiger partial charge in [-0.25, -0.2) is 0 Å². The highest BCUT2D eigenvalue weighted by molar-refractivity contribution is 5.78. The van der Waals surface area contributed by atoms with Crippen LogP contribution >= 0.6 is 0 Å². The molecule has 0 unspecified atom stereocenters.